The van der Waals surface area contributed by atoms with E-state index in [9.17, 15) is 4.79 Å². The predicted octanol–water partition coefficient (Wildman–Crippen LogP) is 2.12. The first-order valence-corrected chi connectivity index (χ1v) is 9.96. The van der Waals surface area contributed by atoms with Gasteiger partial charge in [-0.2, -0.15) is 5.10 Å². The van der Waals surface area contributed by atoms with Gasteiger partial charge in [0.1, 0.15) is 5.76 Å². The Morgan fingerprint density at radius 2 is 2.25 bits per heavy atom. The number of amides is 1. The number of fused-ring (bicyclic) bond motifs is 1. The van der Waals surface area contributed by atoms with Crippen LogP contribution in [0, 0.1) is 0 Å². The summed E-state index contributed by atoms with van der Waals surface area (Å²) in [6, 6.07) is 4.27. The fraction of sp³-hybridized carbons (Fsp3) is 0.524. The summed E-state index contributed by atoms with van der Waals surface area (Å²) in [5.74, 6) is 0.983. The topological polar surface area (TPSA) is 63.7 Å². The van der Waals surface area contributed by atoms with E-state index >= 15 is 0 Å². The molecule has 0 radical (unpaired) electrons. The summed E-state index contributed by atoms with van der Waals surface area (Å²) >= 11 is 0. The second-order valence-corrected chi connectivity index (χ2v) is 7.54. The molecule has 0 unspecified atom stereocenters. The molecule has 28 heavy (non-hydrogen) atoms. The van der Waals surface area contributed by atoms with E-state index in [-0.39, 0.29) is 5.91 Å². The molecule has 2 aliphatic rings. The van der Waals surface area contributed by atoms with Crippen LogP contribution >= 0.6 is 0 Å². The van der Waals surface area contributed by atoms with Crippen molar-refractivity contribution in [3.8, 4) is 0 Å². The number of likely N-dealkylation sites (N-methyl/N-ethyl adjacent to an activating group) is 1. The van der Waals surface area contributed by atoms with E-state index < -0.39 is 0 Å². The summed E-state index contributed by atoms with van der Waals surface area (Å²) in [5.41, 5.74) is 2.88. The van der Waals surface area contributed by atoms with Crippen molar-refractivity contribution in [2.75, 3.05) is 33.4 Å². The maximum Gasteiger partial charge on any atom is 0.274 e. The average molecular weight is 384 g/mol. The van der Waals surface area contributed by atoms with Gasteiger partial charge in [-0.3, -0.25) is 14.4 Å². The molecular weight excluding hydrogens is 356 g/mol. The number of nitrogens with zero attached hydrogens (tertiary/aromatic N) is 4. The molecule has 1 aliphatic heterocycles. The van der Waals surface area contributed by atoms with E-state index in [0.29, 0.717) is 44.6 Å². The standard InChI is InChI=1S/C21H28N4O3/c1-3-8-25-19-7-6-16(23(2)15-17-5-4-11-28-17)14-18(19)20(22-25)21(26)24-9-12-27-13-10-24/h3-5,11,16H,1,6-10,12-15H2,2H3/t16-/m0/s1. The number of carbonyl (C=O) groups is 1. The number of hydrogen-bond acceptors (Lipinski definition) is 5. The molecule has 0 saturated carbocycles. The van der Waals surface area contributed by atoms with Crippen molar-refractivity contribution in [1.82, 2.24) is 19.6 Å². The van der Waals surface area contributed by atoms with Gasteiger partial charge in [0, 0.05) is 30.4 Å². The van der Waals surface area contributed by atoms with Crippen molar-refractivity contribution < 1.29 is 13.9 Å². The van der Waals surface area contributed by atoms with Gasteiger partial charge in [-0.25, -0.2) is 0 Å². The summed E-state index contributed by atoms with van der Waals surface area (Å²) in [7, 11) is 2.12. The summed E-state index contributed by atoms with van der Waals surface area (Å²) in [5, 5.41) is 4.70. The molecule has 2 aromatic rings. The molecule has 1 amide bonds. The zero-order valence-corrected chi connectivity index (χ0v) is 16.5. The predicted molar refractivity (Wildman–Crippen MR) is 105 cm³/mol. The molecule has 0 bridgehead atoms. The zero-order chi connectivity index (χ0) is 19.5. The normalized spacial score (nSPS) is 19.6. The Kier molecular flexibility index (Phi) is 5.64. The van der Waals surface area contributed by atoms with E-state index in [1.54, 1.807) is 6.26 Å². The lowest BCUT2D eigenvalue weighted by atomic mass is 9.90. The number of rotatable bonds is 6. The highest BCUT2D eigenvalue weighted by molar-refractivity contribution is 5.94. The highest BCUT2D eigenvalue weighted by atomic mass is 16.5. The van der Waals surface area contributed by atoms with E-state index in [1.807, 2.05) is 27.8 Å². The van der Waals surface area contributed by atoms with Crippen molar-refractivity contribution in [1.29, 1.82) is 0 Å². The summed E-state index contributed by atoms with van der Waals surface area (Å²) in [6.07, 6.45) is 6.33. The molecule has 0 spiro atoms. The lowest BCUT2D eigenvalue weighted by molar-refractivity contribution is 0.0297. The molecule has 1 fully saturated rings. The Bertz CT molecular complexity index is 821. The highest BCUT2D eigenvalue weighted by Crippen LogP contribution is 2.29. The zero-order valence-electron chi connectivity index (χ0n) is 16.5. The molecular formula is C21H28N4O3. The molecule has 0 aromatic carbocycles. The number of allylic oxidation sites excluding steroid dienone is 1. The minimum atomic E-state index is 0.0247. The van der Waals surface area contributed by atoms with E-state index in [2.05, 4.69) is 18.5 Å². The van der Waals surface area contributed by atoms with Crippen molar-refractivity contribution in [3.05, 3.63) is 53.8 Å². The Morgan fingerprint density at radius 3 is 2.96 bits per heavy atom. The minimum absolute atomic E-state index is 0.0247. The van der Waals surface area contributed by atoms with Gasteiger partial charge in [-0.15, -0.1) is 6.58 Å². The van der Waals surface area contributed by atoms with Crippen molar-refractivity contribution in [2.45, 2.75) is 38.4 Å². The van der Waals surface area contributed by atoms with Crippen LogP contribution in [0.25, 0.3) is 0 Å². The van der Waals surface area contributed by atoms with Gasteiger partial charge in [0.2, 0.25) is 0 Å². The quantitative estimate of drug-likeness (QED) is 0.714. The average Bonchev–Trinajstić information content (AvgIpc) is 3.36. The molecule has 4 rings (SSSR count). The maximum atomic E-state index is 13.2. The van der Waals surface area contributed by atoms with E-state index in [1.165, 1.54) is 5.69 Å². The van der Waals surface area contributed by atoms with Crippen LogP contribution in [0.3, 0.4) is 0 Å². The number of furan rings is 1. The Balaban J connectivity index is 1.57. The Labute approximate surface area is 165 Å². The Morgan fingerprint density at radius 1 is 1.43 bits per heavy atom. The molecule has 1 aliphatic carbocycles. The van der Waals surface area contributed by atoms with Gasteiger partial charge in [0.15, 0.2) is 5.69 Å². The van der Waals surface area contributed by atoms with Gasteiger partial charge in [0.05, 0.1) is 32.6 Å². The molecule has 2 aromatic heterocycles. The largest absolute Gasteiger partial charge is 0.468 e. The third kappa shape index (κ3) is 3.77. The third-order valence-electron chi connectivity index (χ3n) is 5.73. The van der Waals surface area contributed by atoms with Gasteiger partial charge in [0.25, 0.3) is 5.91 Å². The van der Waals surface area contributed by atoms with Crippen LogP contribution in [0.1, 0.15) is 33.9 Å². The number of aromatic nitrogens is 2. The van der Waals surface area contributed by atoms with E-state index in [4.69, 9.17) is 14.3 Å². The van der Waals surface area contributed by atoms with Crippen LogP contribution < -0.4 is 0 Å². The fourth-order valence-corrected chi connectivity index (χ4v) is 4.18. The molecule has 7 nitrogen and oxygen atoms in total. The van der Waals surface area contributed by atoms with Gasteiger partial charge >= 0.3 is 0 Å². The van der Waals surface area contributed by atoms with Crippen LogP contribution in [-0.2, 0) is 30.7 Å². The minimum Gasteiger partial charge on any atom is -0.468 e. The van der Waals surface area contributed by atoms with Crippen molar-refractivity contribution in [3.63, 3.8) is 0 Å². The van der Waals surface area contributed by atoms with Crippen LogP contribution in [-0.4, -0.2) is 64.9 Å². The summed E-state index contributed by atoms with van der Waals surface area (Å²) in [6.45, 7) is 7.68. The van der Waals surface area contributed by atoms with Gasteiger partial charge < -0.3 is 14.1 Å². The molecule has 7 heteroatoms. The molecule has 0 N–H and O–H groups in total. The molecule has 1 atom stereocenters. The van der Waals surface area contributed by atoms with Gasteiger partial charge in [-0.1, -0.05) is 6.08 Å². The molecule has 1 saturated heterocycles. The third-order valence-corrected chi connectivity index (χ3v) is 5.73. The monoisotopic (exact) mass is 384 g/mol. The van der Waals surface area contributed by atoms with Crippen molar-refractivity contribution in [2.24, 2.45) is 0 Å². The van der Waals surface area contributed by atoms with Crippen molar-refractivity contribution >= 4 is 5.91 Å². The SMILES string of the molecule is C=CCn1nc(C(=O)N2CCOCC2)c2c1CC[C@H](N(C)Cc1ccco1)C2. The highest BCUT2D eigenvalue weighted by Gasteiger charge is 2.32. The number of ether oxygens (including phenoxy) is 1. The molecule has 3 heterocycles. The lowest BCUT2D eigenvalue weighted by Gasteiger charge is -2.31. The van der Waals surface area contributed by atoms with Crippen LogP contribution in [0.4, 0.5) is 0 Å². The number of carbonyl (C=O) groups excluding carboxylic acids is 1. The first-order chi connectivity index (χ1) is 13.7. The number of morpholine rings is 1. The second kappa shape index (κ2) is 8.32. The fourth-order valence-electron chi connectivity index (χ4n) is 4.18. The summed E-state index contributed by atoms with van der Waals surface area (Å²) < 4.78 is 12.8. The van der Waals surface area contributed by atoms with Crippen LogP contribution in [0.5, 0.6) is 0 Å². The van der Waals surface area contributed by atoms with Crippen LogP contribution in [0.2, 0.25) is 0 Å². The lowest BCUT2D eigenvalue weighted by Crippen LogP contribution is -2.42. The molecule has 150 valence electrons. The first kappa shape index (κ1) is 19.0. The summed E-state index contributed by atoms with van der Waals surface area (Å²) in [4.78, 5) is 17.3. The van der Waals surface area contributed by atoms with E-state index in [0.717, 1.165) is 37.1 Å². The smallest absolute Gasteiger partial charge is 0.274 e. The first-order valence-electron chi connectivity index (χ1n) is 9.96. The van der Waals surface area contributed by atoms with Crippen LogP contribution in [0.15, 0.2) is 35.5 Å². The second-order valence-electron chi connectivity index (χ2n) is 7.54. The number of hydrogen-bond donors (Lipinski definition) is 0. The Hall–Kier alpha value is -2.38. The maximum absolute atomic E-state index is 13.2. The van der Waals surface area contributed by atoms with Gasteiger partial charge in [-0.05, 0) is 38.4 Å².